The van der Waals surface area contributed by atoms with Crippen molar-refractivity contribution < 1.29 is 9.90 Å². The number of aliphatic hydroxyl groups excluding tert-OH is 1. The van der Waals surface area contributed by atoms with Crippen LogP contribution in [-0.4, -0.2) is 59.0 Å². The second-order valence-electron chi connectivity index (χ2n) is 4.39. The SMILES string of the molecule is CN(C)CC(O)CNC(=O)CCn1cc(Br)cn1. The molecule has 102 valence electrons. The number of rotatable bonds is 7. The summed E-state index contributed by atoms with van der Waals surface area (Å²) >= 11 is 3.29. The van der Waals surface area contributed by atoms with Crippen LogP contribution in [-0.2, 0) is 11.3 Å². The molecule has 0 saturated heterocycles. The quantitative estimate of drug-likeness (QED) is 0.746. The van der Waals surface area contributed by atoms with Crippen molar-refractivity contribution in [1.82, 2.24) is 20.0 Å². The number of carbonyl (C=O) groups is 1. The van der Waals surface area contributed by atoms with Gasteiger partial charge in [0.1, 0.15) is 0 Å². The second-order valence-corrected chi connectivity index (χ2v) is 5.31. The molecule has 0 saturated carbocycles. The van der Waals surface area contributed by atoms with Crippen molar-refractivity contribution in [3.05, 3.63) is 16.9 Å². The molecule has 0 aliphatic carbocycles. The average Bonchev–Trinajstić information content (AvgIpc) is 2.69. The van der Waals surface area contributed by atoms with E-state index in [2.05, 4.69) is 26.3 Å². The molecule has 6 nitrogen and oxygen atoms in total. The maximum Gasteiger partial charge on any atom is 0.221 e. The first-order chi connectivity index (χ1) is 8.47. The van der Waals surface area contributed by atoms with Gasteiger partial charge in [0, 0.05) is 32.3 Å². The molecule has 2 N–H and O–H groups in total. The summed E-state index contributed by atoms with van der Waals surface area (Å²) in [6.45, 7) is 1.34. The number of aromatic nitrogens is 2. The fourth-order valence-electron chi connectivity index (χ4n) is 1.48. The molecular formula is C11H19BrN4O2. The first-order valence-electron chi connectivity index (χ1n) is 5.75. The van der Waals surface area contributed by atoms with Crippen LogP contribution in [0.2, 0.25) is 0 Å². The lowest BCUT2D eigenvalue weighted by molar-refractivity contribution is -0.121. The molecule has 1 aromatic heterocycles. The van der Waals surface area contributed by atoms with Crippen molar-refractivity contribution in [2.45, 2.75) is 19.1 Å². The van der Waals surface area contributed by atoms with Gasteiger partial charge in [-0.25, -0.2) is 0 Å². The van der Waals surface area contributed by atoms with Crippen LogP contribution in [0.3, 0.4) is 0 Å². The lowest BCUT2D eigenvalue weighted by Crippen LogP contribution is -2.37. The number of aryl methyl sites for hydroxylation is 1. The predicted molar refractivity (Wildman–Crippen MR) is 72.1 cm³/mol. The molecule has 0 radical (unpaired) electrons. The van der Waals surface area contributed by atoms with E-state index in [0.29, 0.717) is 19.5 Å². The first kappa shape index (κ1) is 15.1. The third kappa shape index (κ3) is 6.13. The summed E-state index contributed by atoms with van der Waals surface area (Å²) < 4.78 is 2.59. The Labute approximate surface area is 115 Å². The third-order valence-electron chi connectivity index (χ3n) is 2.28. The van der Waals surface area contributed by atoms with Crippen molar-refractivity contribution in [3.63, 3.8) is 0 Å². The Hall–Kier alpha value is -0.920. The van der Waals surface area contributed by atoms with E-state index in [-0.39, 0.29) is 12.5 Å². The molecule has 0 spiro atoms. The minimum absolute atomic E-state index is 0.0839. The maximum absolute atomic E-state index is 11.5. The number of aliphatic hydroxyl groups is 1. The highest BCUT2D eigenvalue weighted by Crippen LogP contribution is 2.06. The third-order valence-corrected chi connectivity index (χ3v) is 2.69. The van der Waals surface area contributed by atoms with Crippen LogP contribution >= 0.6 is 15.9 Å². The van der Waals surface area contributed by atoms with E-state index in [1.807, 2.05) is 25.2 Å². The minimum atomic E-state index is -0.539. The largest absolute Gasteiger partial charge is 0.390 e. The van der Waals surface area contributed by atoms with E-state index in [9.17, 15) is 9.90 Å². The molecule has 18 heavy (non-hydrogen) atoms. The number of halogens is 1. The van der Waals surface area contributed by atoms with Gasteiger partial charge in [0.25, 0.3) is 0 Å². The van der Waals surface area contributed by atoms with Gasteiger partial charge < -0.3 is 15.3 Å². The zero-order chi connectivity index (χ0) is 13.5. The summed E-state index contributed by atoms with van der Waals surface area (Å²) in [4.78, 5) is 13.4. The standard InChI is InChI=1S/C11H19BrN4O2/c1-15(2)8-10(17)6-13-11(18)3-4-16-7-9(12)5-14-16/h5,7,10,17H,3-4,6,8H2,1-2H3,(H,13,18). The Bertz CT molecular complexity index is 381. The summed E-state index contributed by atoms with van der Waals surface area (Å²) in [6.07, 6.45) is 3.30. The molecule has 7 heteroatoms. The Morgan fingerprint density at radius 2 is 2.39 bits per heavy atom. The number of hydrogen-bond donors (Lipinski definition) is 2. The molecule has 0 fully saturated rings. The lowest BCUT2D eigenvalue weighted by atomic mass is 10.3. The van der Waals surface area contributed by atoms with E-state index in [4.69, 9.17) is 0 Å². The molecule has 0 aliphatic heterocycles. The van der Waals surface area contributed by atoms with E-state index in [1.165, 1.54) is 0 Å². The molecule has 1 heterocycles. The van der Waals surface area contributed by atoms with Crippen LogP contribution in [0.1, 0.15) is 6.42 Å². The molecule has 1 rings (SSSR count). The number of hydrogen-bond acceptors (Lipinski definition) is 4. The lowest BCUT2D eigenvalue weighted by Gasteiger charge is -2.16. The van der Waals surface area contributed by atoms with Gasteiger partial charge in [-0.1, -0.05) is 0 Å². The maximum atomic E-state index is 11.5. The zero-order valence-corrected chi connectivity index (χ0v) is 12.2. The summed E-state index contributed by atoms with van der Waals surface area (Å²) in [6, 6.07) is 0. The van der Waals surface area contributed by atoms with Gasteiger partial charge in [-0.3, -0.25) is 9.48 Å². The number of likely N-dealkylation sites (N-methyl/N-ethyl adjacent to an activating group) is 1. The Balaban J connectivity index is 2.18. The van der Waals surface area contributed by atoms with Crippen LogP contribution in [0, 0.1) is 0 Å². The van der Waals surface area contributed by atoms with Crippen molar-refractivity contribution in [2.75, 3.05) is 27.2 Å². The fourth-order valence-corrected chi connectivity index (χ4v) is 1.81. The van der Waals surface area contributed by atoms with Crippen LogP contribution in [0.5, 0.6) is 0 Å². The van der Waals surface area contributed by atoms with E-state index in [1.54, 1.807) is 10.9 Å². The van der Waals surface area contributed by atoms with Gasteiger partial charge in [-0.15, -0.1) is 0 Å². The molecule has 0 aliphatic rings. The van der Waals surface area contributed by atoms with Gasteiger partial charge in [0.15, 0.2) is 0 Å². The second kappa shape index (κ2) is 7.50. The van der Waals surface area contributed by atoms with Crippen LogP contribution in [0.4, 0.5) is 0 Å². The summed E-state index contributed by atoms with van der Waals surface area (Å²) in [7, 11) is 3.75. The molecule has 1 amide bonds. The van der Waals surface area contributed by atoms with E-state index >= 15 is 0 Å². The van der Waals surface area contributed by atoms with Gasteiger partial charge in [-0.05, 0) is 30.0 Å². The number of amides is 1. The normalized spacial score (nSPS) is 12.7. The van der Waals surface area contributed by atoms with E-state index < -0.39 is 6.10 Å². The zero-order valence-electron chi connectivity index (χ0n) is 10.6. The molecule has 1 aromatic rings. The van der Waals surface area contributed by atoms with Crippen molar-refractivity contribution >= 4 is 21.8 Å². The highest BCUT2D eigenvalue weighted by Gasteiger charge is 2.08. The fraction of sp³-hybridized carbons (Fsp3) is 0.636. The van der Waals surface area contributed by atoms with Crippen LogP contribution in [0.25, 0.3) is 0 Å². The monoisotopic (exact) mass is 318 g/mol. The topological polar surface area (TPSA) is 70.4 Å². The first-order valence-corrected chi connectivity index (χ1v) is 6.54. The minimum Gasteiger partial charge on any atom is -0.390 e. The van der Waals surface area contributed by atoms with Gasteiger partial charge in [-0.2, -0.15) is 5.10 Å². The Kier molecular flexibility index (Phi) is 6.31. The van der Waals surface area contributed by atoms with Crippen molar-refractivity contribution in [2.24, 2.45) is 0 Å². The van der Waals surface area contributed by atoms with E-state index in [0.717, 1.165) is 4.47 Å². The van der Waals surface area contributed by atoms with Crippen LogP contribution in [0.15, 0.2) is 16.9 Å². The highest BCUT2D eigenvalue weighted by atomic mass is 79.9. The van der Waals surface area contributed by atoms with Crippen molar-refractivity contribution in [3.8, 4) is 0 Å². The smallest absolute Gasteiger partial charge is 0.221 e. The summed E-state index contributed by atoms with van der Waals surface area (Å²) in [5.74, 6) is -0.0839. The Morgan fingerprint density at radius 3 is 2.94 bits per heavy atom. The number of nitrogens with zero attached hydrogens (tertiary/aromatic N) is 3. The molecular weight excluding hydrogens is 300 g/mol. The molecule has 0 bridgehead atoms. The van der Waals surface area contributed by atoms with Gasteiger partial charge >= 0.3 is 0 Å². The summed E-state index contributed by atoms with van der Waals surface area (Å²) in [5, 5.41) is 16.3. The van der Waals surface area contributed by atoms with Gasteiger partial charge in [0.2, 0.25) is 5.91 Å². The molecule has 0 aromatic carbocycles. The number of carbonyl (C=O) groups excluding carboxylic acids is 1. The van der Waals surface area contributed by atoms with Crippen molar-refractivity contribution in [1.29, 1.82) is 0 Å². The molecule has 1 atom stereocenters. The Morgan fingerprint density at radius 1 is 1.67 bits per heavy atom. The molecule has 1 unspecified atom stereocenters. The number of nitrogens with one attached hydrogen (secondary N) is 1. The predicted octanol–water partition coefficient (Wildman–Crippen LogP) is 0.0744. The average molecular weight is 319 g/mol. The highest BCUT2D eigenvalue weighted by molar-refractivity contribution is 9.10. The summed E-state index contributed by atoms with van der Waals surface area (Å²) in [5.41, 5.74) is 0. The van der Waals surface area contributed by atoms with Gasteiger partial charge in [0.05, 0.1) is 16.8 Å². The van der Waals surface area contributed by atoms with Crippen LogP contribution < -0.4 is 5.32 Å².